The molecule has 0 saturated carbocycles. The fraction of sp³-hybridized carbons (Fsp3) is 0.471. The summed E-state index contributed by atoms with van der Waals surface area (Å²) in [5, 5.41) is 9.76. The van der Waals surface area contributed by atoms with Crippen molar-refractivity contribution in [3.05, 3.63) is 35.6 Å². The van der Waals surface area contributed by atoms with E-state index in [0.717, 1.165) is 47.9 Å². The second kappa shape index (κ2) is 7.27. The van der Waals surface area contributed by atoms with Crippen LogP contribution in [0.3, 0.4) is 0 Å². The third kappa shape index (κ3) is 4.08. The van der Waals surface area contributed by atoms with Gasteiger partial charge in [0, 0.05) is 31.1 Å². The number of unbranched alkanes of at least 4 members (excludes halogenated alkanes) is 2. The molecule has 0 atom stereocenters. The summed E-state index contributed by atoms with van der Waals surface area (Å²) in [4.78, 5) is 14.0. The second-order valence-electron chi connectivity index (χ2n) is 5.54. The number of aliphatic hydroxyl groups is 1. The average Bonchev–Trinajstić information content (AvgIpc) is 2.85. The Balaban J connectivity index is 1.94. The summed E-state index contributed by atoms with van der Waals surface area (Å²) >= 11 is 0. The molecule has 0 spiro atoms. The minimum absolute atomic E-state index is 0.0993. The van der Waals surface area contributed by atoms with Gasteiger partial charge >= 0.3 is 0 Å². The molecule has 0 saturated heterocycles. The molecule has 0 radical (unpaired) electrons. The number of hydrogen-bond donors (Lipinski definition) is 1. The van der Waals surface area contributed by atoms with Crippen LogP contribution in [-0.4, -0.2) is 36.1 Å². The van der Waals surface area contributed by atoms with Gasteiger partial charge in [-0.15, -0.1) is 0 Å². The molecule has 21 heavy (non-hydrogen) atoms. The summed E-state index contributed by atoms with van der Waals surface area (Å²) in [6, 6.07) is 6.03. The smallest absolute Gasteiger partial charge is 0.226 e. The maximum atomic E-state index is 12.2. The van der Waals surface area contributed by atoms with E-state index in [9.17, 15) is 4.79 Å². The van der Waals surface area contributed by atoms with E-state index in [-0.39, 0.29) is 12.5 Å². The average molecular weight is 289 g/mol. The van der Waals surface area contributed by atoms with Crippen LogP contribution in [0.15, 0.2) is 28.9 Å². The molecule has 2 rings (SSSR count). The van der Waals surface area contributed by atoms with Gasteiger partial charge in [-0.25, -0.2) is 0 Å². The highest BCUT2D eigenvalue weighted by Gasteiger charge is 2.13. The van der Waals surface area contributed by atoms with E-state index in [0.29, 0.717) is 6.42 Å². The number of aliphatic hydroxyl groups excluding tert-OH is 1. The molecule has 1 N–H and O–H groups in total. The van der Waals surface area contributed by atoms with E-state index < -0.39 is 0 Å². The van der Waals surface area contributed by atoms with Crippen molar-refractivity contribution in [1.82, 2.24) is 4.90 Å². The van der Waals surface area contributed by atoms with Gasteiger partial charge in [-0.2, -0.15) is 0 Å². The number of aryl methyl sites for hydroxylation is 1. The van der Waals surface area contributed by atoms with Crippen molar-refractivity contribution >= 4 is 16.9 Å². The molecule has 0 aliphatic heterocycles. The summed E-state index contributed by atoms with van der Waals surface area (Å²) in [7, 11) is 1.83. The van der Waals surface area contributed by atoms with Crippen molar-refractivity contribution in [2.75, 3.05) is 20.2 Å². The fourth-order valence-corrected chi connectivity index (χ4v) is 2.39. The summed E-state index contributed by atoms with van der Waals surface area (Å²) in [6.07, 6.45) is 4.72. The number of nitrogens with zero attached hydrogens (tertiary/aromatic N) is 1. The van der Waals surface area contributed by atoms with Crippen LogP contribution in [0.1, 0.15) is 30.4 Å². The minimum Gasteiger partial charge on any atom is -0.464 e. The monoisotopic (exact) mass is 289 g/mol. The van der Waals surface area contributed by atoms with Crippen LogP contribution in [0.25, 0.3) is 11.0 Å². The number of hydrogen-bond acceptors (Lipinski definition) is 3. The van der Waals surface area contributed by atoms with E-state index in [2.05, 4.69) is 0 Å². The van der Waals surface area contributed by atoms with Gasteiger partial charge in [0.25, 0.3) is 0 Å². The van der Waals surface area contributed by atoms with Gasteiger partial charge < -0.3 is 14.4 Å². The molecule has 1 aromatic carbocycles. The Labute approximate surface area is 125 Å². The molecule has 4 heteroatoms. The van der Waals surface area contributed by atoms with Crippen molar-refractivity contribution < 1.29 is 14.3 Å². The van der Waals surface area contributed by atoms with Gasteiger partial charge in [0.05, 0.1) is 12.7 Å². The molecule has 0 fully saturated rings. The van der Waals surface area contributed by atoms with Gasteiger partial charge in [-0.05, 0) is 37.8 Å². The molecule has 0 aliphatic rings. The summed E-state index contributed by atoms with van der Waals surface area (Å²) in [5.74, 6) is 0.0993. The third-order valence-electron chi connectivity index (χ3n) is 3.73. The van der Waals surface area contributed by atoms with Crippen molar-refractivity contribution in [1.29, 1.82) is 0 Å². The number of furan rings is 1. The Kier molecular flexibility index (Phi) is 5.39. The second-order valence-corrected chi connectivity index (χ2v) is 5.54. The van der Waals surface area contributed by atoms with E-state index >= 15 is 0 Å². The maximum absolute atomic E-state index is 12.2. The molecule has 1 heterocycles. The van der Waals surface area contributed by atoms with Gasteiger partial charge in [0.1, 0.15) is 5.58 Å². The molecule has 114 valence electrons. The van der Waals surface area contributed by atoms with Crippen LogP contribution in [0, 0.1) is 6.92 Å². The number of amides is 1. The van der Waals surface area contributed by atoms with Crippen LogP contribution in [0.4, 0.5) is 0 Å². The first kappa shape index (κ1) is 15.6. The highest BCUT2D eigenvalue weighted by molar-refractivity contribution is 5.87. The predicted octanol–water partition coefficient (Wildman–Crippen LogP) is 2.90. The first-order valence-corrected chi connectivity index (χ1v) is 7.43. The van der Waals surface area contributed by atoms with Crippen LogP contribution < -0.4 is 0 Å². The molecule has 0 bridgehead atoms. The van der Waals surface area contributed by atoms with E-state index in [4.69, 9.17) is 9.52 Å². The number of carbonyl (C=O) groups is 1. The minimum atomic E-state index is 0.0993. The zero-order chi connectivity index (χ0) is 15.2. The lowest BCUT2D eigenvalue weighted by Crippen LogP contribution is -2.29. The van der Waals surface area contributed by atoms with Crippen LogP contribution in [-0.2, 0) is 11.2 Å². The Morgan fingerprint density at radius 1 is 1.29 bits per heavy atom. The number of fused-ring (bicyclic) bond motifs is 1. The van der Waals surface area contributed by atoms with E-state index in [1.54, 1.807) is 11.2 Å². The molecule has 0 aliphatic carbocycles. The standard InChI is InChI=1S/C17H23NO3/c1-13-6-7-15-14(12-21-16(15)10-13)11-17(20)18(2)8-4-3-5-9-19/h6-7,10,12,19H,3-5,8-9,11H2,1-2H3. The SMILES string of the molecule is Cc1ccc2c(CC(=O)N(C)CCCCCO)coc2c1. The molecule has 2 aromatic rings. The normalized spacial score (nSPS) is 11.0. The maximum Gasteiger partial charge on any atom is 0.226 e. The summed E-state index contributed by atoms with van der Waals surface area (Å²) in [6.45, 7) is 2.97. The highest BCUT2D eigenvalue weighted by Crippen LogP contribution is 2.23. The van der Waals surface area contributed by atoms with Gasteiger partial charge in [-0.3, -0.25) is 4.79 Å². The molecular weight excluding hydrogens is 266 g/mol. The Bertz CT molecular complexity index is 603. The summed E-state index contributed by atoms with van der Waals surface area (Å²) in [5.41, 5.74) is 2.93. The number of benzene rings is 1. The zero-order valence-electron chi connectivity index (χ0n) is 12.8. The topological polar surface area (TPSA) is 53.7 Å². The molecule has 1 aromatic heterocycles. The third-order valence-corrected chi connectivity index (χ3v) is 3.73. The lowest BCUT2D eigenvalue weighted by atomic mass is 10.1. The Morgan fingerprint density at radius 3 is 2.86 bits per heavy atom. The quantitative estimate of drug-likeness (QED) is 0.797. The van der Waals surface area contributed by atoms with Crippen LogP contribution in [0.5, 0.6) is 0 Å². The van der Waals surface area contributed by atoms with Crippen LogP contribution >= 0.6 is 0 Å². The molecular formula is C17H23NO3. The lowest BCUT2D eigenvalue weighted by molar-refractivity contribution is -0.129. The van der Waals surface area contributed by atoms with Crippen molar-refractivity contribution in [2.24, 2.45) is 0 Å². The highest BCUT2D eigenvalue weighted by atomic mass is 16.3. The van der Waals surface area contributed by atoms with Crippen LogP contribution in [0.2, 0.25) is 0 Å². The van der Waals surface area contributed by atoms with Gasteiger partial charge in [-0.1, -0.05) is 12.1 Å². The molecule has 4 nitrogen and oxygen atoms in total. The largest absolute Gasteiger partial charge is 0.464 e. The Hall–Kier alpha value is -1.81. The Morgan fingerprint density at radius 2 is 2.10 bits per heavy atom. The first-order valence-electron chi connectivity index (χ1n) is 7.43. The van der Waals surface area contributed by atoms with E-state index in [1.807, 2.05) is 32.2 Å². The summed E-state index contributed by atoms with van der Waals surface area (Å²) < 4.78 is 5.53. The van der Waals surface area contributed by atoms with Gasteiger partial charge in [0.15, 0.2) is 0 Å². The first-order chi connectivity index (χ1) is 10.1. The van der Waals surface area contributed by atoms with E-state index in [1.165, 1.54) is 0 Å². The van der Waals surface area contributed by atoms with Gasteiger partial charge in [0.2, 0.25) is 5.91 Å². The predicted molar refractivity (Wildman–Crippen MR) is 83.2 cm³/mol. The number of rotatable bonds is 7. The molecule has 0 unspecified atom stereocenters. The van der Waals surface area contributed by atoms with Crippen molar-refractivity contribution in [3.63, 3.8) is 0 Å². The molecule has 1 amide bonds. The zero-order valence-corrected chi connectivity index (χ0v) is 12.8. The number of likely N-dealkylation sites (N-methyl/N-ethyl adjacent to an activating group) is 1. The lowest BCUT2D eigenvalue weighted by Gasteiger charge is -2.16. The van der Waals surface area contributed by atoms with Crippen molar-refractivity contribution in [3.8, 4) is 0 Å². The fourth-order valence-electron chi connectivity index (χ4n) is 2.39. The van der Waals surface area contributed by atoms with Crippen molar-refractivity contribution in [2.45, 2.75) is 32.6 Å². The number of carbonyl (C=O) groups excluding carboxylic acids is 1.